The van der Waals surface area contributed by atoms with Crippen LogP contribution in [0.1, 0.15) is 22.7 Å². The molecule has 0 spiro atoms. The monoisotopic (exact) mass is 281 g/mol. The summed E-state index contributed by atoms with van der Waals surface area (Å²) in [6, 6.07) is 18.7. The fourth-order valence-corrected chi connectivity index (χ4v) is 2.34. The minimum atomic E-state index is -0.222. The van der Waals surface area contributed by atoms with Gasteiger partial charge in [0.05, 0.1) is 18.6 Å². The van der Waals surface area contributed by atoms with Gasteiger partial charge < -0.3 is 9.73 Å². The van der Waals surface area contributed by atoms with Crippen molar-refractivity contribution in [2.75, 3.05) is 0 Å². The number of benzene rings is 2. The molecule has 0 aliphatic rings. The molecule has 1 aromatic heterocycles. The topological polar surface area (TPSA) is 25.2 Å². The molecule has 106 valence electrons. The average molecular weight is 281 g/mol. The maximum absolute atomic E-state index is 13.1. The van der Waals surface area contributed by atoms with E-state index in [2.05, 4.69) is 17.4 Å². The molecule has 0 aliphatic heterocycles. The molecule has 3 heteroatoms. The van der Waals surface area contributed by atoms with Crippen molar-refractivity contribution in [3.05, 3.63) is 95.7 Å². The van der Waals surface area contributed by atoms with Crippen molar-refractivity contribution in [3.8, 4) is 0 Å². The first kappa shape index (κ1) is 13.6. The normalized spacial score (nSPS) is 12.2. The van der Waals surface area contributed by atoms with E-state index in [1.807, 2.05) is 36.4 Å². The number of rotatable bonds is 5. The van der Waals surface area contributed by atoms with Gasteiger partial charge in [-0.25, -0.2) is 4.39 Å². The lowest BCUT2D eigenvalue weighted by atomic mass is 9.98. The molecule has 0 bridgehead atoms. The highest BCUT2D eigenvalue weighted by atomic mass is 19.1. The summed E-state index contributed by atoms with van der Waals surface area (Å²) in [6.07, 6.45) is 3.38. The van der Waals surface area contributed by atoms with Gasteiger partial charge in [-0.1, -0.05) is 42.5 Å². The molecule has 21 heavy (non-hydrogen) atoms. The highest BCUT2D eigenvalue weighted by Gasteiger charge is 2.13. The summed E-state index contributed by atoms with van der Waals surface area (Å²) >= 11 is 0. The third-order valence-electron chi connectivity index (χ3n) is 3.43. The second-order valence-corrected chi connectivity index (χ2v) is 4.91. The predicted molar refractivity (Wildman–Crippen MR) is 80.2 cm³/mol. The van der Waals surface area contributed by atoms with Crippen LogP contribution in [0.4, 0.5) is 4.39 Å². The maximum Gasteiger partial charge on any atom is 0.123 e. The summed E-state index contributed by atoms with van der Waals surface area (Å²) in [5, 5.41) is 3.49. The molecule has 0 aliphatic carbocycles. The van der Waals surface area contributed by atoms with Crippen LogP contribution < -0.4 is 5.32 Å². The Labute approximate surface area is 123 Å². The van der Waals surface area contributed by atoms with E-state index < -0.39 is 0 Å². The lowest BCUT2D eigenvalue weighted by Crippen LogP contribution is -2.21. The Morgan fingerprint density at radius 1 is 0.905 bits per heavy atom. The van der Waals surface area contributed by atoms with Crippen LogP contribution >= 0.6 is 0 Å². The van der Waals surface area contributed by atoms with Crippen LogP contribution in [-0.2, 0) is 6.54 Å². The summed E-state index contributed by atoms with van der Waals surface area (Å²) in [5.74, 6) is -0.222. The predicted octanol–water partition coefficient (Wildman–Crippen LogP) is 4.30. The molecular formula is C18H16FNO. The summed E-state index contributed by atoms with van der Waals surface area (Å²) < 4.78 is 18.2. The molecule has 0 radical (unpaired) electrons. The Hall–Kier alpha value is -2.39. The van der Waals surface area contributed by atoms with Crippen molar-refractivity contribution in [2.45, 2.75) is 12.6 Å². The van der Waals surface area contributed by atoms with Crippen molar-refractivity contribution in [2.24, 2.45) is 0 Å². The number of furan rings is 1. The number of hydrogen-bond donors (Lipinski definition) is 1. The summed E-state index contributed by atoms with van der Waals surface area (Å²) in [5.41, 5.74) is 3.26. The van der Waals surface area contributed by atoms with E-state index in [1.54, 1.807) is 12.5 Å². The summed E-state index contributed by atoms with van der Waals surface area (Å²) in [4.78, 5) is 0. The van der Waals surface area contributed by atoms with E-state index >= 15 is 0 Å². The van der Waals surface area contributed by atoms with E-state index in [4.69, 9.17) is 4.42 Å². The average Bonchev–Trinajstić information content (AvgIpc) is 3.04. The molecule has 2 aromatic carbocycles. The molecule has 0 amide bonds. The smallest absolute Gasteiger partial charge is 0.123 e. The first-order valence-corrected chi connectivity index (χ1v) is 6.88. The second kappa shape index (κ2) is 6.37. The first-order chi connectivity index (χ1) is 10.3. The summed E-state index contributed by atoms with van der Waals surface area (Å²) in [7, 11) is 0. The lowest BCUT2D eigenvalue weighted by Gasteiger charge is -2.19. The molecule has 1 atom stereocenters. The summed E-state index contributed by atoms with van der Waals surface area (Å²) in [6.45, 7) is 0.688. The zero-order valence-corrected chi connectivity index (χ0v) is 11.5. The van der Waals surface area contributed by atoms with E-state index in [0.717, 1.165) is 16.7 Å². The molecule has 1 heterocycles. The minimum Gasteiger partial charge on any atom is -0.472 e. The van der Waals surface area contributed by atoms with Crippen molar-refractivity contribution >= 4 is 0 Å². The van der Waals surface area contributed by atoms with Crippen LogP contribution in [-0.4, -0.2) is 0 Å². The van der Waals surface area contributed by atoms with Crippen LogP contribution in [0.5, 0.6) is 0 Å². The van der Waals surface area contributed by atoms with E-state index in [9.17, 15) is 4.39 Å². The SMILES string of the molecule is Fc1ccc(C(NCc2ccoc2)c2ccccc2)cc1. The van der Waals surface area contributed by atoms with Crippen LogP contribution in [0.2, 0.25) is 0 Å². The Bertz CT molecular complexity index is 662. The molecular weight excluding hydrogens is 265 g/mol. The fourth-order valence-electron chi connectivity index (χ4n) is 2.34. The van der Waals surface area contributed by atoms with Gasteiger partial charge in [0.1, 0.15) is 5.82 Å². The van der Waals surface area contributed by atoms with E-state index in [-0.39, 0.29) is 11.9 Å². The van der Waals surface area contributed by atoms with E-state index in [1.165, 1.54) is 12.1 Å². The van der Waals surface area contributed by atoms with Gasteiger partial charge in [-0.2, -0.15) is 0 Å². The maximum atomic E-state index is 13.1. The zero-order valence-electron chi connectivity index (χ0n) is 11.5. The third-order valence-corrected chi connectivity index (χ3v) is 3.43. The highest BCUT2D eigenvalue weighted by molar-refractivity contribution is 5.32. The molecule has 0 saturated carbocycles. The molecule has 0 fully saturated rings. The Morgan fingerprint density at radius 2 is 1.62 bits per heavy atom. The molecule has 1 N–H and O–H groups in total. The largest absolute Gasteiger partial charge is 0.472 e. The van der Waals surface area contributed by atoms with Crippen molar-refractivity contribution in [1.29, 1.82) is 0 Å². The standard InChI is InChI=1S/C18H16FNO/c19-17-8-6-16(7-9-17)18(15-4-2-1-3-5-15)20-12-14-10-11-21-13-14/h1-11,13,18,20H,12H2. The van der Waals surface area contributed by atoms with Gasteiger partial charge in [0.25, 0.3) is 0 Å². The fraction of sp³-hybridized carbons (Fsp3) is 0.111. The van der Waals surface area contributed by atoms with Gasteiger partial charge in [-0.15, -0.1) is 0 Å². The minimum absolute atomic E-state index is 0.0155. The Balaban J connectivity index is 1.85. The second-order valence-electron chi connectivity index (χ2n) is 4.91. The number of hydrogen-bond acceptors (Lipinski definition) is 2. The van der Waals surface area contributed by atoms with Gasteiger partial charge in [-0.05, 0) is 29.3 Å². The molecule has 0 saturated heterocycles. The van der Waals surface area contributed by atoms with Gasteiger partial charge in [0.15, 0.2) is 0 Å². The van der Waals surface area contributed by atoms with Crippen LogP contribution in [0.3, 0.4) is 0 Å². The number of halogens is 1. The molecule has 3 aromatic rings. The van der Waals surface area contributed by atoms with Crippen molar-refractivity contribution < 1.29 is 8.81 Å². The van der Waals surface area contributed by atoms with Crippen LogP contribution in [0.25, 0.3) is 0 Å². The van der Waals surface area contributed by atoms with Gasteiger partial charge >= 0.3 is 0 Å². The van der Waals surface area contributed by atoms with Crippen LogP contribution in [0.15, 0.2) is 77.6 Å². The first-order valence-electron chi connectivity index (χ1n) is 6.88. The van der Waals surface area contributed by atoms with Gasteiger partial charge in [0.2, 0.25) is 0 Å². The Morgan fingerprint density at radius 3 is 2.29 bits per heavy atom. The molecule has 1 unspecified atom stereocenters. The number of nitrogens with one attached hydrogen (secondary N) is 1. The van der Waals surface area contributed by atoms with Gasteiger partial charge in [0, 0.05) is 12.1 Å². The van der Waals surface area contributed by atoms with Crippen molar-refractivity contribution in [3.63, 3.8) is 0 Å². The molecule has 3 rings (SSSR count). The third kappa shape index (κ3) is 3.38. The van der Waals surface area contributed by atoms with Gasteiger partial charge in [-0.3, -0.25) is 0 Å². The Kier molecular flexibility index (Phi) is 4.12. The highest BCUT2D eigenvalue weighted by Crippen LogP contribution is 2.22. The quantitative estimate of drug-likeness (QED) is 0.754. The molecule has 2 nitrogen and oxygen atoms in total. The lowest BCUT2D eigenvalue weighted by molar-refractivity contribution is 0.554. The van der Waals surface area contributed by atoms with E-state index in [0.29, 0.717) is 6.54 Å². The zero-order chi connectivity index (χ0) is 14.5. The van der Waals surface area contributed by atoms with Crippen molar-refractivity contribution in [1.82, 2.24) is 5.32 Å². The van der Waals surface area contributed by atoms with Crippen LogP contribution in [0, 0.1) is 5.82 Å².